The van der Waals surface area contributed by atoms with Crippen LogP contribution in [0.4, 0.5) is 28.9 Å². The van der Waals surface area contributed by atoms with E-state index in [1.807, 2.05) is 18.2 Å². The van der Waals surface area contributed by atoms with Crippen molar-refractivity contribution in [3.05, 3.63) is 121 Å². The molecule has 0 radical (unpaired) electrons. The summed E-state index contributed by atoms with van der Waals surface area (Å²) in [7, 11) is -5.01. The first-order valence-electron chi connectivity index (χ1n) is 18.2. The first-order valence-corrected chi connectivity index (χ1v) is 20.7. The lowest BCUT2D eigenvalue weighted by Gasteiger charge is -2.27. The van der Waals surface area contributed by atoms with E-state index in [1.165, 1.54) is 36.4 Å². The highest BCUT2D eigenvalue weighted by atomic mass is 79.9. The molecule has 3 fully saturated rings. The Morgan fingerprint density at radius 2 is 1.54 bits per heavy atom. The van der Waals surface area contributed by atoms with Crippen molar-refractivity contribution in [3.8, 4) is 11.8 Å². The normalized spacial score (nSPS) is 15.7. The highest BCUT2D eigenvalue weighted by Crippen LogP contribution is 2.46. The fourth-order valence-electron chi connectivity index (χ4n) is 7.20. The molecule has 4 aromatic rings. The molecule has 0 spiro atoms. The van der Waals surface area contributed by atoms with Gasteiger partial charge in [-0.25, -0.2) is 30.8 Å². The number of hydrogen-bond acceptors (Lipinski definition) is 6. The molecule has 0 unspecified atom stereocenters. The van der Waals surface area contributed by atoms with Crippen LogP contribution >= 0.6 is 15.9 Å². The van der Waals surface area contributed by atoms with Gasteiger partial charge in [0.1, 0.15) is 17.6 Å². The van der Waals surface area contributed by atoms with E-state index in [-0.39, 0.29) is 45.2 Å². The molecule has 3 aliphatic rings. The summed E-state index contributed by atoms with van der Waals surface area (Å²) < 4.78 is 96.1. The van der Waals surface area contributed by atoms with Gasteiger partial charge in [-0.1, -0.05) is 30.3 Å². The number of aromatic carboxylic acids is 1. The molecule has 3 aliphatic carbocycles. The van der Waals surface area contributed by atoms with Gasteiger partial charge >= 0.3 is 5.97 Å². The lowest BCUT2D eigenvalue weighted by molar-refractivity contribution is -0.116. The molecule has 15 heteroatoms. The van der Waals surface area contributed by atoms with Gasteiger partial charge in [-0.05, 0) is 126 Å². The Labute approximate surface area is 329 Å². The standard InChI is InChI=1S/C41H36BrF4N3O6S/c42-32-7-3-4-25(31(32)19-47)17-30-36(43)37(44)38(45)39(46)40(30)48-56(53,54)21-35(50)49(20-22-14-27(23-8-9-23)16-28(15-22)24-10-11-24)33-13-12-26(41(51)52)18-34(33)55-29-5-1-2-6-29/h3-4,7,12-16,18,23-24,29,48H,1-2,5-6,8-11,17,20-21H2,(H,51,52). The van der Waals surface area contributed by atoms with Gasteiger partial charge in [-0.3, -0.25) is 9.52 Å². The number of rotatable bonds is 14. The van der Waals surface area contributed by atoms with Gasteiger partial charge in [0.25, 0.3) is 0 Å². The van der Waals surface area contributed by atoms with Crippen molar-refractivity contribution in [2.24, 2.45) is 0 Å². The predicted octanol–water partition coefficient (Wildman–Crippen LogP) is 9.22. The van der Waals surface area contributed by atoms with E-state index in [4.69, 9.17) is 4.74 Å². The second-order valence-corrected chi connectivity index (χ2v) is 17.2. The van der Waals surface area contributed by atoms with Crippen LogP contribution < -0.4 is 14.4 Å². The average Bonchev–Trinajstić information content (AvgIpc) is 4.11. The van der Waals surface area contributed by atoms with E-state index in [9.17, 15) is 37.2 Å². The molecule has 3 saturated carbocycles. The van der Waals surface area contributed by atoms with Crippen LogP contribution in [0.2, 0.25) is 0 Å². The van der Waals surface area contributed by atoms with Crippen molar-refractivity contribution >= 4 is 49.2 Å². The molecule has 7 rings (SSSR count). The Balaban J connectivity index is 1.27. The number of anilines is 2. The fraction of sp³-hybridized carbons (Fsp3) is 0.341. The Kier molecular flexibility index (Phi) is 11.2. The Morgan fingerprint density at radius 3 is 2.14 bits per heavy atom. The molecule has 2 N–H and O–H groups in total. The number of nitriles is 1. The van der Waals surface area contributed by atoms with Crippen LogP contribution in [0.15, 0.2) is 59.1 Å². The van der Waals surface area contributed by atoms with Crippen LogP contribution in [0, 0.1) is 34.6 Å². The zero-order chi connectivity index (χ0) is 39.9. The van der Waals surface area contributed by atoms with Crippen molar-refractivity contribution in [1.29, 1.82) is 5.26 Å². The number of halogens is 5. The number of carboxylic acids is 1. The van der Waals surface area contributed by atoms with E-state index in [1.54, 1.807) is 4.72 Å². The lowest BCUT2D eigenvalue weighted by Crippen LogP contribution is -2.38. The fourth-order valence-corrected chi connectivity index (χ4v) is 8.77. The second kappa shape index (κ2) is 15.9. The number of sulfonamides is 1. The molecule has 292 valence electrons. The van der Waals surface area contributed by atoms with Crippen molar-refractivity contribution in [1.82, 2.24) is 0 Å². The molecule has 9 nitrogen and oxygen atoms in total. The molecule has 0 aliphatic heterocycles. The summed E-state index contributed by atoms with van der Waals surface area (Å²) in [6.07, 6.45) is 6.18. The summed E-state index contributed by atoms with van der Waals surface area (Å²) in [6.45, 7) is -0.151. The van der Waals surface area contributed by atoms with E-state index in [0.29, 0.717) is 30.2 Å². The van der Waals surface area contributed by atoms with Gasteiger partial charge < -0.3 is 14.7 Å². The molecular formula is C41H36BrF4N3O6S. The van der Waals surface area contributed by atoms with E-state index in [0.717, 1.165) is 54.6 Å². The van der Waals surface area contributed by atoms with E-state index < -0.39 is 68.6 Å². The number of carboxylic acid groups (broad SMARTS) is 1. The number of benzene rings is 4. The summed E-state index contributed by atoms with van der Waals surface area (Å²) in [5.74, 6) is -11.3. The monoisotopic (exact) mass is 853 g/mol. The SMILES string of the molecule is N#Cc1c(Br)cccc1Cc1c(F)c(F)c(F)c(F)c1NS(=O)(=O)CC(=O)N(Cc1cc(C2CC2)cc(C2CC2)c1)c1ccc(C(=O)O)cc1OC1CCCC1. The molecule has 0 saturated heterocycles. The number of carbonyl (C=O) groups excluding carboxylic acids is 1. The summed E-state index contributed by atoms with van der Waals surface area (Å²) in [5, 5.41) is 19.5. The van der Waals surface area contributed by atoms with Gasteiger partial charge in [0.2, 0.25) is 15.9 Å². The summed E-state index contributed by atoms with van der Waals surface area (Å²) >= 11 is 3.18. The first-order chi connectivity index (χ1) is 26.7. The first kappa shape index (κ1) is 39.3. The molecule has 0 bridgehead atoms. The maximum Gasteiger partial charge on any atom is 0.335 e. The number of ether oxygens (including phenoxy) is 1. The highest BCUT2D eigenvalue weighted by molar-refractivity contribution is 9.10. The quantitative estimate of drug-likeness (QED) is 0.0734. The minimum atomic E-state index is -5.01. The number of hydrogen-bond donors (Lipinski definition) is 2. The molecule has 0 aromatic heterocycles. The Bertz CT molecular complexity index is 2360. The van der Waals surface area contributed by atoms with Crippen molar-refractivity contribution < 1.29 is 45.4 Å². The van der Waals surface area contributed by atoms with Crippen molar-refractivity contribution in [2.75, 3.05) is 15.4 Å². The van der Waals surface area contributed by atoms with Crippen molar-refractivity contribution in [3.63, 3.8) is 0 Å². The minimum absolute atomic E-state index is 0.0307. The van der Waals surface area contributed by atoms with Crippen LogP contribution in [0.25, 0.3) is 0 Å². The van der Waals surface area contributed by atoms with Crippen LogP contribution in [0.3, 0.4) is 0 Å². The summed E-state index contributed by atoms with van der Waals surface area (Å²) in [4.78, 5) is 27.6. The molecule has 0 atom stereocenters. The number of nitrogens with one attached hydrogen (secondary N) is 1. The summed E-state index contributed by atoms with van der Waals surface area (Å²) in [6, 6.07) is 16.2. The third-order valence-electron chi connectivity index (χ3n) is 10.4. The molecule has 1 amide bonds. The van der Waals surface area contributed by atoms with Crippen LogP contribution in [-0.4, -0.2) is 37.3 Å². The van der Waals surface area contributed by atoms with Gasteiger partial charge in [0.15, 0.2) is 23.3 Å². The van der Waals surface area contributed by atoms with E-state index in [2.05, 4.69) is 22.0 Å². The minimum Gasteiger partial charge on any atom is -0.488 e. The average molecular weight is 855 g/mol. The molecular weight excluding hydrogens is 818 g/mol. The van der Waals surface area contributed by atoms with Gasteiger partial charge in [-0.15, -0.1) is 0 Å². The third-order valence-corrected chi connectivity index (χ3v) is 12.2. The maximum absolute atomic E-state index is 15.5. The summed E-state index contributed by atoms with van der Waals surface area (Å²) in [5.41, 5.74) is 0.703. The van der Waals surface area contributed by atoms with Gasteiger partial charge in [0.05, 0.1) is 35.2 Å². The number of carbonyl (C=O) groups is 2. The smallest absolute Gasteiger partial charge is 0.335 e. The predicted molar refractivity (Wildman–Crippen MR) is 203 cm³/mol. The zero-order valence-electron chi connectivity index (χ0n) is 29.9. The number of nitrogens with zero attached hydrogens (tertiary/aromatic N) is 2. The Hall–Kier alpha value is -4.94. The third kappa shape index (κ3) is 8.56. The zero-order valence-corrected chi connectivity index (χ0v) is 32.3. The molecule has 4 aromatic carbocycles. The van der Waals surface area contributed by atoms with Crippen LogP contribution in [0.5, 0.6) is 5.75 Å². The van der Waals surface area contributed by atoms with E-state index >= 15 is 8.78 Å². The largest absolute Gasteiger partial charge is 0.488 e. The Morgan fingerprint density at radius 1 is 0.893 bits per heavy atom. The van der Waals surface area contributed by atoms with Gasteiger partial charge in [0, 0.05) is 16.5 Å². The molecule has 56 heavy (non-hydrogen) atoms. The highest BCUT2D eigenvalue weighted by Gasteiger charge is 2.34. The van der Waals surface area contributed by atoms with Crippen molar-refractivity contribution in [2.45, 2.75) is 82.3 Å². The van der Waals surface area contributed by atoms with Gasteiger partial charge in [-0.2, -0.15) is 5.26 Å². The van der Waals surface area contributed by atoms with Crippen LogP contribution in [0.1, 0.15) is 107 Å². The molecule has 0 heterocycles. The maximum atomic E-state index is 15.5. The lowest BCUT2D eigenvalue weighted by atomic mass is 9.98. The van der Waals surface area contributed by atoms with Crippen LogP contribution in [-0.2, 0) is 27.8 Å². The second-order valence-electron chi connectivity index (χ2n) is 14.6. The number of amides is 1. The topological polar surface area (TPSA) is 137 Å².